The maximum absolute atomic E-state index is 4.52. The van der Waals surface area contributed by atoms with Crippen LogP contribution < -0.4 is 0 Å². The first-order valence-electron chi connectivity index (χ1n) is 10.6. The number of rotatable bonds is 2. The third kappa shape index (κ3) is 2.90. The molecule has 0 fully saturated rings. The van der Waals surface area contributed by atoms with Gasteiger partial charge in [0.25, 0.3) is 0 Å². The Morgan fingerprint density at radius 2 is 1.26 bits per heavy atom. The van der Waals surface area contributed by atoms with Crippen LogP contribution in [0.3, 0.4) is 0 Å². The van der Waals surface area contributed by atoms with E-state index in [0.29, 0.717) is 0 Å². The van der Waals surface area contributed by atoms with Crippen molar-refractivity contribution in [1.82, 2.24) is 4.98 Å². The second-order valence-electron chi connectivity index (χ2n) is 8.15. The highest BCUT2D eigenvalue weighted by molar-refractivity contribution is 6.21. The quantitative estimate of drug-likeness (QED) is 0.269. The fourth-order valence-corrected chi connectivity index (χ4v) is 4.76. The van der Waals surface area contributed by atoms with Crippen LogP contribution in [0.2, 0.25) is 0 Å². The molecule has 31 heavy (non-hydrogen) atoms. The summed E-state index contributed by atoms with van der Waals surface area (Å²) in [6.45, 7) is 2.17. The van der Waals surface area contributed by atoms with Gasteiger partial charge in [-0.2, -0.15) is 0 Å². The number of aromatic nitrogens is 1. The maximum atomic E-state index is 4.52. The van der Waals surface area contributed by atoms with Crippen LogP contribution in [0.1, 0.15) is 5.56 Å². The van der Waals surface area contributed by atoms with E-state index in [1.165, 1.54) is 60.1 Å². The minimum Gasteiger partial charge on any atom is -0.264 e. The van der Waals surface area contributed by atoms with Gasteiger partial charge in [0.15, 0.2) is 0 Å². The van der Waals surface area contributed by atoms with E-state index >= 15 is 0 Å². The summed E-state index contributed by atoms with van der Waals surface area (Å²) in [5.41, 5.74) is 6.26. The highest BCUT2D eigenvalue weighted by Gasteiger charge is 2.17. The van der Waals surface area contributed by atoms with Crippen molar-refractivity contribution >= 4 is 32.3 Å². The summed E-state index contributed by atoms with van der Waals surface area (Å²) < 4.78 is 0. The van der Waals surface area contributed by atoms with Crippen molar-refractivity contribution < 1.29 is 0 Å². The predicted octanol–water partition coefficient (Wildman–Crippen LogP) is 8.18. The Hall–Kier alpha value is -3.97. The second-order valence-corrected chi connectivity index (χ2v) is 8.15. The molecule has 0 aliphatic rings. The second kappa shape index (κ2) is 7.07. The van der Waals surface area contributed by atoms with Gasteiger partial charge in [-0.15, -0.1) is 0 Å². The van der Waals surface area contributed by atoms with Gasteiger partial charge in [0.05, 0.1) is 0 Å². The third-order valence-corrected chi connectivity index (χ3v) is 6.17. The summed E-state index contributed by atoms with van der Waals surface area (Å²) in [6.07, 6.45) is 3.92. The SMILES string of the molecule is Cc1ccc2c(-c3ccc4ccccc4c3)c3cnccc3c(-c3ccccc3)c2c1. The first kappa shape index (κ1) is 17.9. The summed E-state index contributed by atoms with van der Waals surface area (Å²) in [7, 11) is 0. The molecule has 0 bridgehead atoms. The van der Waals surface area contributed by atoms with Crippen molar-refractivity contribution in [3.8, 4) is 22.3 Å². The zero-order valence-electron chi connectivity index (χ0n) is 17.3. The topological polar surface area (TPSA) is 12.9 Å². The number of fused-ring (bicyclic) bond motifs is 3. The van der Waals surface area contributed by atoms with Crippen molar-refractivity contribution in [3.05, 3.63) is 115 Å². The molecule has 1 heteroatoms. The van der Waals surface area contributed by atoms with Crippen LogP contribution in [0.25, 0.3) is 54.6 Å². The number of hydrogen-bond acceptors (Lipinski definition) is 1. The zero-order valence-corrected chi connectivity index (χ0v) is 17.3. The maximum Gasteiger partial charge on any atom is 0.0353 e. The van der Waals surface area contributed by atoms with Gasteiger partial charge in [-0.3, -0.25) is 4.98 Å². The molecule has 0 aliphatic carbocycles. The van der Waals surface area contributed by atoms with Crippen LogP contribution in [0.4, 0.5) is 0 Å². The van der Waals surface area contributed by atoms with Gasteiger partial charge < -0.3 is 0 Å². The molecule has 0 amide bonds. The summed E-state index contributed by atoms with van der Waals surface area (Å²) in [6, 6.07) is 35.0. The number of hydrogen-bond donors (Lipinski definition) is 0. The standard InChI is InChI=1S/C30H21N/c1-20-11-14-25-27(17-20)29(22-8-3-2-4-9-22)26-15-16-31-19-28(26)30(25)24-13-12-21-7-5-6-10-23(21)18-24/h2-19H,1H3. The molecule has 0 saturated carbocycles. The lowest BCUT2D eigenvalue weighted by Crippen LogP contribution is -1.92. The van der Waals surface area contributed by atoms with Crippen molar-refractivity contribution in [1.29, 1.82) is 0 Å². The molecule has 1 aromatic heterocycles. The molecule has 0 spiro atoms. The van der Waals surface area contributed by atoms with E-state index in [1.54, 1.807) is 0 Å². The Bertz CT molecular complexity index is 1580. The molecule has 1 nitrogen and oxygen atoms in total. The van der Waals surface area contributed by atoms with Gasteiger partial charge in [-0.1, -0.05) is 90.5 Å². The van der Waals surface area contributed by atoms with Crippen LogP contribution in [-0.4, -0.2) is 4.98 Å². The Balaban J connectivity index is 1.80. The van der Waals surface area contributed by atoms with E-state index < -0.39 is 0 Å². The average molecular weight is 396 g/mol. The van der Waals surface area contributed by atoms with Crippen LogP contribution in [0.15, 0.2) is 109 Å². The Kier molecular flexibility index (Phi) is 4.07. The summed E-state index contributed by atoms with van der Waals surface area (Å²) in [4.78, 5) is 4.52. The highest BCUT2D eigenvalue weighted by atomic mass is 14.6. The van der Waals surface area contributed by atoms with Gasteiger partial charge in [0, 0.05) is 17.8 Å². The third-order valence-electron chi connectivity index (χ3n) is 6.17. The van der Waals surface area contributed by atoms with E-state index in [4.69, 9.17) is 0 Å². The fourth-order valence-electron chi connectivity index (χ4n) is 4.76. The van der Waals surface area contributed by atoms with Gasteiger partial charge in [0.2, 0.25) is 0 Å². The van der Waals surface area contributed by atoms with Crippen LogP contribution in [0, 0.1) is 6.92 Å². The van der Waals surface area contributed by atoms with Crippen molar-refractivity contribution in [3.63, 3.8) is 0 Å². The van der Waals surface area contributed by atoms with E-state index in [2.05, 4.69) is 109 Å². The number of aryl methyl sites for hydroxylation is 1. The lowest BCUT2D eigenvalue weighted by molar-refractivity contribution is 1.37. The fraction of sp³-hybridized carbons (Fsp3) is 0.0333. The Labute approximate surface area is 181 Å². The summed E-state index contributed by atoms with van der Waals surface area (Å²) in [5, 5.41) is 7.49. The molecule has 0 atom stereocenters. The molecule has 0 radical (unpaired) electrons. The molecule has 6 aromatic rings. The number of benzene rings is 5. The van der Waals surface area contributed by atoms with E-state index in [-0.39, 0.29) is 0 Å². The predicted molar refractivity (Wildman–Crippen MR) is 132 cm³/mol. The first-order chi connectivity index (χ1) is 15.3. The number of pyridine rings is 1. The lowest BCUT2D eigenvalue weighted by atomic mass is 9.86. The van der Waals surface area contributed by atoms with Crippen LogP contribution in [-0.2, 0) is 0 Å². The molecule has 0 aliphatic heterocycles. The monoisotopic (exact) mass is 395 g/mol. The minimum atomic E-state index is 1.19. The minimum absolute atomic E-state index is 1.19. The molecule has 146 valence electrons. The normalized spacial score (nSPS) is 11.4. The largest absolute Gasteiger partial charge is 0.264 e. The molecule has 1 heterocycles. The van der Waals surface area contributed by atoms with Gasteiger partial charge in [0.1, 0.15) is 0 Å². The van der Waals surface area contributed by atoms with Crippen LogP contribution in [0.5, 0.6) is 0 Å². The van der Waals surface area contributed by atoms with Crippen LogP contribution >= 0.6 is 0 Å². The highest BCUT2D eigenvalue weighted by Crippen LogP contribution is 2.43. The summed E-state index contributed by atoms with van der Waals surface area (Å²) in [5.74, 6) is 0. The molecule has 0 saturated heterocycles. The smallest absolute Gasteiger partial charge is 0.0353 e. The van der Waals surface area contributed by atoms with E-state index in [9.17, 15) is 0 Å². The van der Waals surface area contributed by atoms with Crippen molar-refractivity contribution in [2.24, 2.45) is 0 Å². The van der Waals surface area contributed by atoms with E-state index in [1.807, 2.05) is 12.4 Å². The van der Waals surface area contributed by atoms with Crippen molar-refractivity contribution in [2.75, 3.05) is 0 Å². The van der Waals surface area contributed by atoms with Crippen molar-refractivity contribution in [2.45, 2.75) is 6.92 Å². The summed E-state index contributed by atoms with van der Waals surface area (Å²) >= 11 is 0. The Morgan fingerprint density at radius 1 is 0.516 bits per heavy atom. The van der Waals surface area contributed by atoms with Gasteiger partial charge in [-0.05, 0) is 68.2 Å². The molecule has 5 aromatic carbocycles. The molecule has 6 rings (SSSR count). The lowest BCUT2D eigenvalue weighted by Gasteiger charge is -2.18. The Morgan fingerprint density at radius 3 is 2.13 bits per heavy atom. The molecule has 0 unspecified atom stereocenters. The van der Waals surface area contributed by atoms with Gasteiger partial charge in [-0.25, -0.2) is 0 Å². The molecular weight excluding hydrogens is 374 g/mol. The first-order valence-corrected chi connectivity index (χ1v) is 10.6. The van der Waals surface area contributed by atoms with Gasteiger partial charge >= 0.3 is 0 Å². The zero-order chi connectivity index (χ0) is 20.8. The van der Waals surface area contributed by atoms with E-state index in [0.717, 1.165) is 0 Å². The average Bonchev–Trinajstić information content (AvgIpc) is 2.82. The number of nitrogens with zero attached hydrogens (tertiary/aromatic N) is 1. The molecular formula is C30H21N. The molecule has 0 N–H and O–H groups in total.